The number of nitrogens with zero attached hydrogens (tertiary/aromatic N) is 1. The van der Waals surface area contributed by atoms with Crippen molar-refractivity contribution >= 4 is 34.2 Å². The summed E-state index contributed by atoms with van der Waals surface area (Å²) in [5, 5.41) is 13.5. The Morgan fingerprint density at radius 2 is 1.86 bits per heavy atom. The molecular formula is C24H25NO2S. The standard InChI is InChI=1S/C24H25NO2S/c1-16-6-4-9-22(28-24(23(26)27)14-5-15-24)25(16)21-13-12-18(17-10-11-17)19-7-2-3-8-20(19)21/h2-3,6-9,12-13,17H,4-5,10-11,14-15H2,1H3,(H,26,27). The molecular weight excluding hydrogens is 366 g/mol. The topological polar surface area (TPSA) is 40.5 Å². The summed E-state index contributed by atoms with van der Waals surface area (Å²) in [4.78, 5) is 14.2. The second-order valence-corrected chi connectivity index (χ2v) is 9.61. The second-order valence-electron chi connectivity index (χ2n) is 8.21. The van der Waals surface area contributed by atoms with Gasteiger partial charge in [0.25, 0.3) is 0 Å². The van der Waals surface area contributed by atoms with E-state index in [-0.39, 0.29) is 0 Å². The molecule has 2 aromatic rings. The number of hydrogen-bond donors (Lipinski definition) is 1. The van der Waals surface area contributed by atoms with Gasteiger partial charge in [-0.1, -0.05) is 48.2 Å². The summed E-state index contributed by atoms with van der Waals surface area (Å²) >= 11 is 1.55. The second kappa shape index (κ2) is 6.70. The average molecular weight is 392 g/mol. The summed E-state index contributed by atoms with van der Waals surface area (Å²) in [7, 11) is 0. The molecule has 1 aliphatic heterocycles. The number of rotatable bonds is 5. The number of thioether (sulfide) groups is 1. The van der Waals surface area contributed by atoms with E-state index >= 15 is 0 Å². The van der Waals surface area contributed by atoms with Crippen LogP contribution in [0.15, 0.2) is 59.3 Å². The summed E-state index contributed by atoms with van der Waals surface area (Å²) in [6.45, 7) is 2.13. The normalized spacial score (nSPS) is 21.1. The maximum atomic E-state index is 12.0. The number of benzene rings is 2. The molecule has 1 heterocycles. The first-order valence-corrected chi connectivity index (χ1v) is 11.0. The Balaban J connectivity index is 1.59. The number of carbonyl (C=O) groups is 1. The van der Waals surface area contributed by atoms with Gasteiger partial charge in [0.2, 0.25) is 0 Å². The molecule has 0 bridgehead atoms. The highest BCUT2D eigenvalue weighted by Crippen LogP contribution is 2.51. The highest BCUT2D eigenvalue weighted by Gasteiger charge is 2.47. The smallest absolute Gasteiger partial charge is 0.320 e. The van der Waals surface area contributed by atoms with Crippen LogP contribution < -0.4 is 4.90 Å². The van der Waals surface area contributed by atoms with Gasteiger partial charge in [0.1, 0.15) is 4.75 Å². The summed E-state index contributed by atoms with van der Waals surface area (Å²) in [5.41, 5.74) is 3.79. The van der Waals surface area contributed by atoms with Gasteiger partial charge >= 0.3 is 5.97 Å². The van der Waals surface area contributed by atoms with Gasteiger partial charge in [-0.05, 0) is 74.5 Å². The van der Waals surface area contributed by atoms with Crippen molar-refractivity contribution < 1.29 is 9.90 Å². The van der Waals surface area contributed by atoms with E-state index in [0.717, 1.165) is 36.4 Å². The average Bonchev–Trinajstić information content (AvgIpc) is 3.49. The first kappa shape index (κ1) is 17.9. The highest BCUT2D eigenvalue weighted by atomic mass is 32.2. The SMILES string of the molecule is CC1=CCC=C(SC2(C(=O)O)CCC2)N1c1ccc(C2CC2)c2ccccc12. The zero-order chi connectivity index (χ0) is 19.3. The Kier molecular flexibility index (Phi) is 4.27. The number of anilines is 1. The lowest BCUT2D eigenvalue weighted by Gasteiger charge is -2.41. The third kappa shape index (κ3) is 2.86. The van der Waals surface area contributed by atoms with Gasteiger partial charge < -0.3 is 10.0 Å². The molecule has 3 nitrogen and oxygen atoms in total. The molecule has 144 valence electrons. The van der Waals surface area contributed by atoms with E-state index in [9.17, 15) is 9.90 Å². The number of hydrogen-bond acceptors (Lipinski definition) is 3. The van der Waals surface area contributed by atoms with Gasteiger partial charge in [0, 0.05) is 11.1 Å². The molecule has 4 heteroatoms. The van der Waals surface area contributed by atoms with Crippen LogP contribution in [-0.4, -0.2) is 15.8 Å². The largest absolute Gasteiger partial charge is 0.480 e. The van der Waals surface area contributed by atoms with E-state index in [1.165, 1.54) is 34.9 Å². The van der Waals surface area contributed by atoms with Crippen molar-refractivity contribution in [3.8, 4) is 0 Å². The number of aliphatic carboxylic acids is 1. The minimum Gasteiger partial charge on any atom is -0.480 e. The van der Waals surface area contributed by atoms with E-state index < -0.39 is 10.7 Å². The van der Waals surface area contributed by atoms with E-state index in [0.29, 0.717) is 5.92 Å². The van der Waals surface area contributed by atoms with E-state index in [4.69, 9.17) is 0 Å². The molecule has 0 amide bonds. The Labute approximate surface area is 170 Å². The van der Waals surface area contributed by atoms with Crippen LogP contribution in [0.2, 0.25) is 0 Å². The molecule has 0 aromatic heterocycles. The maximum Gasteiger partial charge on any atom is 0.320 e. The van der Waals surface area contributed by atoms with Crippen LogP contribution in [0, 0.1) is 0 Å². The summed E-state index contributed by atoms with van der Waals surface area (Å²) < 4.78 is -0.661. The van der Waals surface area contributed by atoms with Crippen molar-refractivity contribution in [1.29, 1.82) is 0 Å². The Bertz CT molecular complexity index is 1010. The lowest BCUT2D eigenvalue weighted by Crippen LogP contribution is -2.43. The lowest BCUT2D eigenvalue weighted by atomic mass is 9.84. The fourth-order valence-electron chi connectivity index (χ4n) is 4.39. The lowest BCUT2D eigenvalue weighted by molar-refractivity contribution is -0.142. The number of fused-ring (bicyclic) bond motifs is 1. The van der Waals surface area contributed by atoms with Crippen LogP contribution in [0.1, 0.15) is 56.9 Å². The summed E-state index contributed by atoms with van der Waals surface area (Å²) in [6, 6.07) is 13.2. The highest BCUT2D eigenvalue weighted by molar-refractivity contribution is 8.05. The Hall–Kier alpha value is -2.20. The van der Waals surface area contributed by atoms with Crippen molar-refractivity contribution in [3.63, 3.8) is 0 Å². The fraction of sp³-hybridized carbons (Fsp3) is 0.375. The number of allylic oxidation sites excluding steroid dienone is 3. The van der Waals surface area contributed by atoms with Gasteiger partial charge in [0.15, 0.2) is 0 Å². The predicted molar refractivity (Wildman–Crippen MR) is 117 cm³/mol. The molecule has 0 spiro atoms. The Morgan fingerprint density at radius 3 is 2.50 bits per heavy atom. The van der Waals surface area contributed by atoms with Crippen molar-refractivity contribution in [2.45, 2.75) is 56.1 Å². The maximum absolute atomic E-state index is 12.0. The first-order valence-electron chi connectivity index (χ1n) is 10.2. The van der Waals surface area contributed by atoms with Crippen LogP contribution in [0.25, 0.3) is 10.8 Å². The molecule has 2 fully saturated rings. The van der Waals surface area contributed by atoms with Crippen LogP contribution in [0.3, 0.4) is 0 Å². The van der Waals surface area contributed by atoms with E-state index in [1.54, 1.807) is 11.8 Å². The molecule has 0 radical (unpaired) electrons. The monoisotopic (exact) mass is 391 g/mol. The number of carboxylic acids is 1. The van der Waals surface area contributed by atoms with E-state index in [1.807, 2.05) is 0 Å². The van der Waals surface area contributed by atoms with Crippen molar-refractivity contribution in [1.82, 2.24) is 0 Å². The minimum atomic E-state index is -0.675. The molecule has 0 atom stereocenters. The van der Waals surface area contributed by atoms with Gasteiger partial charge in [-0.2, -0.15) is 0 Å². The van der Waals surface area contributed by atoms with Gasteiger partial charge in [-0.3, -0.25) is 4.79 Å². The van der Waals surface area contributed by atoms with Crippen LogP contribution in [0.5, 0.6) is 0 Å². The third-order valence-corrected chi connectivity index (χ3v) is 7.85. The number of carboxylic acid groups (broad SMARTS) is 1. The third-order valence-electron chi connectivity index (χ3n) is 6.32. The molecule has 2 saturated carbocycles. The van der Waals surface area contributed by atoms with E-state index in [2.05, 4.69) is 60.4 Å². The zero-order valence-electron chi connectivity index (χ0n) is 16.1. The van der Waals surface area contributed by atoms with Gasteiger partial charge in [-0.25, -0.2) is 0 Å². The molecule has 3 aliphatic rings. The molecule has 5 rings (SSSR count). The van der Waals surface area contributed by atoms with Crippen molar-refractivity contribution in [3.05, 3.63) is 64.8 Å². The first-order chi connectivity index (χ1) is 13.6. The van der Waals surface area contributed by atoms with Crippen LogP contribution in [-0.2, 0) is 4.79 Å². The Morgan fingerprint density at radius 1 is 1.11 bits per heavy atom. The van der Waals surface area contributed by atoms with Gasteiger partial charge in [-0.15, -0.1) is 0 Å². The minimum absolute atomic E-state index is 0.661. The summed E-state index contributed by atoms with van der Waals surface area (Å²) in [6.07, 6.45) is 10.3. The van der Waals surface area contributed by atoms with Crippen molar-refractivity contribution in [2.75, 3.05) is 4.90 Å². The quantitative estimate of drug-likeness (QED) is 0.639. The molecule has 2 aliphatic carbocycles. The van der Waals surface area contributed by atoms with Crippen LogP contribution in [0.4, 0.5) is 5.69 Å². The van der Waals surface area contributed by atoms with Gasteiger partial charge in [0.05, 0.1) is 10.7 Å². The molecule has 0 saturated heterocycles. The molecule has 2 aromatic carbocycles. The van der Waals surface area contributed by atoms with Crippen LogP contribution >= 0.6 is 11.8 Å². The fourth-order valence-corrected chi connectivity index (χ4v) is 5.89. The van der Waals surface area contributed by atoms with Crippen molar-refractivity contribution in [2.24, 2.45) is 0 Å². The predicted octanol–water partition coefficient (Wildman–Crippen LogP) is 6.41. The molecule has 28 heavy (non-hydrogen) atoms. The molecule has 0 unspecified atom stereocenters. The molecule has 1 N–H and O–H groups in total. The summed E-state index contributed by atoms with van der Waals surface area (Å²) in [5.74, 6) is 0.0253. The zero-order valence-corrected chi connectivity index (χ0v) is 17.0.